The highest BCUT2D eigenvalue weighted by Gasteiger charge is 2.17. The summed E-state index contributed by atoms with van der Waals surface area (Å²) in [5.74, 6) is 0. The van der Waals surface area contributed by atoms with Gasteiger partial charge in [0.25, 0.3) is 0 Å². The molecule has 0 aliphatic heterocycles. The summed E-state index contributed by atoms with van der Waals surface area (Å²) in [4.78, 5) is 0.996. The van der Waals surface area contributed by atoms with Crippen LogP contribution < -0.4 is 0 Å². The molecule has 9 aromatic carbocycles. The van der Waals surface area contributed by atoms with Gasteiger partial charge in [0.1, 0.15) is 0 Å². The molecule has 0 aliphatic rings. The maximum Gasteiger partial charge on any atom is 0.0119 e. The topological polar surface area (TPSA) is 0 Å². The van der Waals surface area contributed by atoms with Gasteiger partial charge in [0, 0.05) is 4.90 Å². The van der Waals surface area contributed by atoms with Gasteiger partial charge in [-0.3, -0.25) is 0 Å². The van der Waals surface area contributed by atoms with E-state index in [0.717, 1.165) is 4.90 Å². The molecule has 0 bridgehead atoms. The average molecular weight is 577 g/mol. The first-order chi connectivity index (χ1) is 21.7. The van der Waals surface area contributed by atoms with E-state index in [0.29, 0.717) is 0 Å². The molecular weight excluding hydrogens is 549 g/mol. The fourth-order valence-corrected chi connectivity index (χ4v) is 7.63. The molecule has 206 valence electrons. The fourth-order valence-electron chi connectivity index (χ4n) is 7.35. The zero-order valence-electron chi connectivity index (χ0n) is 24.3. The van der Waals surface area contributed by atoms with Gasteiger partial charge in [0.15, 0.2) is 0 Å². The van der Waals surface area contributed by atoms with Crippen LogP contribution in [-0.4, -0.2) is 0 Å². The maximum absolute atomic E-state index is 4.75. The number of hydrogen-bond donors (Lipinski definition) is 1. The van der Waals surface area contributed by atoms with E-state index in [9.17, 15) is 0 Å². The van der Waals surface area contributed by atoms with Crippen molar-refractivity contribution in [2.75, 3.05) is 0 Å². The van der Waals surface area contributed by atoms with Crippen LogP contribution in [0.4, 0.5) is 0 Å². The lowest BCUT2D eigenvalue weighted by molar-refractivity contribution is 1.40. The van der Waals surface area contributed by atoms with Crippen molar-refractivity contribution in [1.82, 2.24) is 0 Å². The van der Waals surface area contributed by atoms with Gasteiger partial charge in [0.05, 0.1) is 0 Å². The molecule has 9 aromatic rings. The summed E-state index contributed by atoms with van der Waals surface area (Å²) in [5, 5.41) is 13.3. The van der Waals surface area contributed by atoms with Gasteiger partial charge in [0.2, 0.25) is 0 Å². The molecule has 0 saturated carbocycles. The van der Waals surface area contributed by atoms with E-state index in [1.54, 1.807) is 0 Å². The number of rotatable bonds is 3. The quantitative estimate of drug-likeness (QED) is 0.121. The van der Waals surface area contributed by atoms with Crippen LogP contribution in [-0.2, 0) is 0 Å². The predicted octanol–water partition coefficient (Wildman–Crippen LogP) is 12.5. The Morgan fingerprint density at radius 3 is 1.48 bits per heavy atom. The summed E-state index contributed by atoms with van der Waals surface area (Å²) in [7, 11) is 0. The Balaban J connectivity index is 1.25. The highest BCUT2D eigenvalue weighted by atomic mass is 32.1. The van der Waals surface area contributed by atoms with E-state index < -0.39 is 0 Å². The highest BCUT2D eigenvalue weighted by Crippen LogP contribution is 2.45. The molecule has 0 heterocycles. The fraction of sp³-hybridized carbons (Fsp3) is 0.0233. The van der Waals surface area contributed by atoms with Crippen molar-refractivity contribution in [3.05, 3.63) is 151 Å². The van der Waals surface area contributed by atoms with Crippen LogP contribution in [0.15, 0.2) is 150 Å². The third-order valence-corrected chi connectivity index (χ3v) is 9.84. The number of thiol groups is 1. The molecule has 0 radical (unpaired) electrons. The monoisotopic (exact) mass is 576 g/mol. The van der Waals surface area contributed by atoms with Gasteiger partial charge in [-0.25, -0.2) is 0 Å². The molecule has 0 nitrogen and oxygen atoms in total. The molecule has 0 spiro atoms. The molecule has 0 unspecified atom stereocenters. The number of aryl methyl sites for hydroxylation is 1. The number of hydrogen-bond acceptors (Lipinski definition) is 1. The van der Waals surface area contributed by atoms with Crippen molar-refractivity contribution in [2.24, 2.45) is 0 Å². The largest absolute Gasteiger partial charge is 0.143 e. The molecule has 0 N–H and O–H groups in total. The van der Waals surface area contributed by atoms with Gasteiger partial charge >= 0.3 is 0 Å². The highest BCUT2D eigenvalue weighted by molar-refractivity contribution is 7.80. The van der Waals surface area contributed by atoms with Crippen LogP contribution in [0, 0.1) is 6.92 Å². The van der Waals surface area contributed by atoms with Crippen LogP contribution in [0.2, 0.25) is 0 Å². The zero-order valence-corrected chi connectivity index (χ0v) is 25.2. The first-order valence-corrected chi connectivity index (χ1v) is 15.6. The molecule has 44 heavy (non-hydrogen) atoms. The van der Waals surface area contributed by atoms with Gasteiger partial charge in [-0.2, -0.15) is 0 Å². The molecule has 9 rings (SSSR count). The van der Waals surface area contributed by atoms with E-state index in [-0.39, 0.29) is 0 Å². The number of benzene rings is 9. The van der Waals surface area contributed by atoms with E-state index >= 15 is 0 Å². The Bertz CT molecular complexity index is 2570. The molecule has 1 heteroatoms. The Labute approximate surface area is 262 Å². The van der Waals surface area contributed by atoms with E-state index in [4.69, 9.17) is 12.6 Å². The molecule has 0 atom stereocenters. The van der Waals surface area contributed by atoms with Crippen LogP contribution in [0.3, 0.4) is 0 Å². The van der Waals surface area contributed by atoms with E-state index in [1.807, 2.05) is 6.07 Å². The van der Waals surface area contributed by atoms with E-state index in [1.165, 1.54) is 92.8 Å². The van der Waals surface area contributed by atoms with Crippen LogP contribution >= 0.6 is 12.6 Å². The Morgan fingerprint density at radius 1 is 0.341 bits per heavy atom. The SMILES string of the molecule is Cc1ccc(-c2cccc(-c3ccc4c(c3)c3cccc5c6ccccc6c6cccc4c6c53)c2)cc1-c1ccccc1S. The van der Waals surface area contributed by atoms with Crippen LogP contribution in [0.5, 0.6) is 0 Å². The smallest absolute Gasteiger partial charge is 0.0119 e. The maximum atomic E-state index is 4.75. The van der Waals surface area contributed by atoms with Crippen molar-refractivity contribution in [1.29, 1.82) is 0 Å². The predicted molar refractivity (Wildman–Crippen MR) is 193 cm³/mol. The van der Waals surface area contributed by atoms with Gasteiger partial charge in [-0.1, -0.05) is 121 Å². The lowest BCUT2D eigenvalue weighted by Crippen LogP contribution is -1.90. The second kappa shape index (κ2) is 9.71. The third kappa shape index (κ3) is 3.73. The Kier molecular flexibility index (Phi) is 5.60. The molecule has 0 aliphatic carbocycles. The summed E-state index contributed by atoms with van der Waals surface area (Å²) < 4.78 is 0. The standard InChI is InChI=1S/C43H28S/c1-26-19-20-29(24-39(26)34-13-4-5-18-41(34)44)27-9-6-10-28(23-27)30-21-22-33-37-16-7-14-35-31-11-2-3-12-32(31)36-15-8-17-38(40(33)25-30)43(36)42(35)37/h2-25,44H,1H3. The molecule has 0 fully saturated rings. The molecule has 0 amide bonds. The van der Waals surface area contributed by atoms with Crippen LogP contribution in [0.1, 0.15) is 5.56 Å². The summed E-state index contributed by atoms with van der Waals surface area (Å²) in [6.07, 6.45) is 0. The lowest BCUT2D eigenvalue weighted by Gasteiger charge is -2.18. The molecule has 0 saturated heterocycles. The minimum atomic E-state index is 0.996. The number of fused-ring (bicyclic) bond motifs is 6. The van der Waals surface area contributed by atoms with Gasteiger partial charge in [-0.15, -0.1) is 12.6 Å². The summed E-state index contributed by atoms with van der Waals surface area (Å²) in [5.41, 5.74) is 8.50. The van der Waals surface area contributed by atoms with Crippen LogP contribution in [0.25, 0.3) is 87.2 Å². The van der Waals surface area contributed by atoms with Crippen molar-refractivity contribution >= 4 is 66.5 Å². The summed E-state index contributed by atoms with van der Waals surface area (Å²) in [6, 6.07) is 53.5. The average Bonchev–Trinajstić information content (AvgIpc) is 3.08. The molecule has 0 aromatic heterocycles. The molecular formula is C43H28S. The lowest BCUT2D eigenvalue weighted by atomic mass is 9.85. The Morgan fingerprint density at radius 2 is 0.818 bits per heavy atom. The van der Waals surface area contributed by atoms with Crippen molar-refractivity contribution in [3.63, 3.8) is 0 Å². The second-order valence-electron chi connectivity index (χ2n) is 11.9. The normalized spacial score (nSPS) is 11.9. The van der Waals surface area contributed by atoms with Crippen molar-refractivity contribution in [3.8, 4) is 33.4 Å². The first kappa shape index (κ1) is 25.4. The zero-order chi connectivity index (χ0) is 29.4. The minimum Gasteiger partial charge on any atom is -0.143 e. The summed E-state index contributed by atoms with van der Waals surface area (Å²) >= 11 is 4.75. The minimum absolute atomic E-state index is 0.996. The second-order valence-corrected chi connectivity index (χ2v) is 12.4. The van der Waals surface area contributed by atoms with Crippen molar-refractivity contribution in [2.45, 2.75) is 11.8 Å². The summed E-state index contributed by atoms with van der Waals surface area (Å²) in [6.45, 7) is 2.17. The Hall–Kier alpha value is -5.11. The first-order valence-electron chi connectivity index (χ1n) is 15.2. The van der Waals surface area contributed by atoms with Crippen molar-refractivity contribution < 1.29 is 0 Å². The third-order valence-electron chi connectivity index (χ3n) is 9.45. The van der Waals surface area contributed by atoms with E-state index in [2.05, 4.69) is 146 Å². The van der Waals surface area contributed by atoms with Gasteiger partial charge in [-0.05, 0) is 124 Å². The van der Waals surface area contributed by atoms with Gasteiger partial charge < -0.3 is 0 Å².